The summed E-state index contributed by atoms with van der Waals surface area (Å²) in [5.74, 6) is 7.06. The molecule has 0 saturated heterocycles. The van der Waals surface area contributed by atoms with Crippen LogP contribution in [0.1, 0.15) is 6.92 Å². The van der Waals surface area contributed by atoms with E-state index in [1.165, 1.54) is 0 Å². The minimum Gasteiger partial charge on any atom is -0.387 e. The number of aliphatic hydroxyl groups is 1. The fourth-order valence-electron chi connectivity index (χ4n) is 1.68. The Labute approximate surface area is 119 Å². The Hall–Kier alpha value is -1.09. The molecular weight excluding hydrogens is 282 g/mol. The highest BCUT2D eigenvalue weighted by Crippen LogP contribution is 2.27. The van der Waals surface area contributed by atoms with E-state index in [-0.39, 0.29) is 0 Å². The van der Waals surface area contributed by atoms with Gasteiger partial charge in [-0.15, -0.1) is 11.3 Å². The molecule has 5 N–H and O–H groups in total. The van der Waals surface area contributed by atoms with Crippen LogP contribution in [0, 0.1) is 0 Å². The topological polar surface area (TPSA) is 96.1 Å². The van der Waals surface area contributed by atoms with Crippen LogP contribution < -0.4 is 16.6 Å². The quantitative estimate of drug-likeness (QED) is 0.474. The van der Waals surface area contributed by atoms with Crippen LogP contribution in [0.3, 0.4) is 0 Å². The van der Waals surface area contributed by atoms with E-state index in [9.17, 15) is 5.11 Å². The lowest BCUT2D eigenvalue weighted by Crippen LogP contribution is -2.36. The van der Waals surface area contributed by atoms with Crippen LogP contribution in [-0.2, 0) is 0 Å². The van der Waals surface area contributed by atoms with Crippen LogP contribution in [0.5, 0.6) is 0 Å². The largest absolute Gasteiger partial charge is 0.387 e. The van der Waals surface area contributed by atoms with Gasteiger partial charge in [0.05, 0.1) is 15.8 Å². The van der Waals surface area contributed by atoms with Crippen molar-refractivity contribution in [3.8, 4) is 0 Å². The molecule has 2 rings (SSSR count). The third-order valence-electron chi connectivity index (χ3n) is 2.52. The van der Waals surface area contributed by atoms with Crippen molar-refractivity contribution in [2.45, 2.75) is 12.5 Å². The minimum absolute atomic E-state index is 0.359. The number of anilines is 2. The van der Waals surface area contributed by atoms with Crippen molar-refractivity contribution in [3.63, 3.8) is 0 Å². The van der Waals surface area contributed by atoms with Crippen molar-refractivity contribution in [1.82, 2.24) is 9.97 Å². The lowest BCUT2D eigenvalue weighted by Gasteiger charge is -2.23. The Balaban J connectivity index is 2.22. The first kappa shape index (κ1) is 14.3. The van der Waals surface area contributed by atoms with Gasteiger partial charge >= 0.3 is 0 Å². The Morgan fingerprint density at radius 1 is 1.53 bits per heavy atom. The van der Waals surface area contributed by atoms with Gasteiger partial charge in [-0.25, -0.2) is 10.8 Å². The zero-order chi connectivity index (χ0) is 13.9. The molecule has 0 aliphatic carbocycles. The smallest absolute Gasteiger partial charge is 0.239 e. The van der Waals surface area contributed by atoms with Gasteiger partial charge in [-0.1, -0.05) is 0 Å². The summed E-state index contributed by atoms with van der Waals surface area (Å²) in [6.45, 7) is 2.22. The van der Waals surface area contributed by atoms with Gasteiger partial charge in [0.25, 0.3) is 0 Å². The Bertz CT molecular complexity index is 557. The number of rotatable bonds is 6. The van der Waals surface area contributed by atoms with Gasteiger partial charge in [-0.2, -0.15) is 16.7 Å². The summed E-state index contributed by atoms with van der Waals surface area (Å²) in [6, 6.07) is 1.91. The van der Waals surface area contributed by atoms with E-state index >= 15 is 0 Å². The van der Waals surface area contributed by atoms with Gasteiger partial charge in [0.2, 0.25) is 5.95 Å². The second-order valence-corrected chi connectivity index (χ2v) is 6.24. The van der Waals surface area contributed by atoms with E-state index in [0.717, 1.165) is 10.2 Å². The van der Waals surface area contributed by atoms with E-state index < -0.39 is 5.60 Å². The number of nitrogens with zero attached hydrogens (tertiary/aromatic N) is 2. The zero-order valence-electron chi connectivity index (χ0n) is 10.8. The van der Waals surface area contributed by atoms with Crippen molar-refractivity contribution >= 4 is 45.1 Å². The van der Waals surface area contributed by atoms with Gasteiger partial charge < -0.3 is 10.4 Å². The first-order valence-corrected chi connectivity index (χ1v) is 8.00. The predicted octanol–water partition coefficient (Wildman–Crippen LogP) is 1.50. The maximum absolute atomic E-state index is 10.2. The molecule has 2 aromatic heterocycles. The Morgan fingerprint density at radius 3 is 3.00 bits per heavy atom. The molecule has 8 heteroatoms. The Kier molecular flexibility index (Phi) is 4.46. The number of nitrogens with one attached hydrogen (secondary N) is 2. The van der Waals surface area contributed by atoms with Gasteiger partial charge in [0.1, 0.15) is 5.82 Å². The summed E-state index contributed by atoms with van der Waals surface area (Å²) in [5, 5.41) is 15.3. The third kappa shape index (κ3) is 3.47. The van der Waals surface area contributed by atoms with Crippen LogP contribution in [-0.4, -0.2) is 39.2 Å². The fourth-order valence-corrected chi connectivity index (χ4v) is 3.20. The number of hydrogen-bond acceptors (Lipinski definition) is 8. The van der Waals surface area contributed by atoms with Crippen molar-refractivity contribution in [2.75, 3.05) is 29.3 Å². The van der Waals surface area contributed by atoms with Crippen molar-refractivity contribution < 1.29 is 5.11 Å². The normalized spacial score (nSPS) is 14.3. The number of nitrogen functional groups attached to an aromatic ring is 1. The second kappa shape index (κ2) is 5.91. The molecule has 0 saturated carbocycles. The van der Waals surface area contributed by atoms with E-state index in [2.05, 4.69) is 20.7 Å². The molecule has 2 aromatic rings. The fraction of sp³-hybridized carbons (Fsp3) is 0.455. The molecule has 0 fully saturated rings. The van der Waals surface area contributed by atoms with Gasteiger partial charge in [0, 0.05) is 12.3 Å². The molecule has 0 aliphatic heterocycles. The number of fused-ring (bicyclic) bond motifs is 1. The molecule has 0 amide bonds. The van der Waals surface area contributed by atoms with Crippen molar-refractivity contribution in [3.05, 3.63) is 11.4 Å². The SMILES string of the molecule is CSCC(C)(O)CNc1nc(NN)nc2ccsc12. The zero-order valence-corrected chi connectivity index (χ0v) is 12.4. The first-order chi connectivity index (χ1) is 9.05. The van der Waals surface area contributed by atoms with Crippen LogP contribution >= 0.6 is 23.1 Å². The highest BCUT2D eigenvalue weighted by Gasteiger charge is 2.20. The molecule has 0 aliphatic rings. The standard InChI is InChI=1S/C11H17N5OS2/c1-11(17,6-18-2)5-13-9-8-7(3-4-19-8)14-10(15-9)16-12/h3-4,17H,5-6,12H2,1-2H3,(H2,13,14,15,16). The van der Waals surface area contributed by atoms with Crippen LogP contribution in [0.4, 0.5) is 11.8 Å². The molecule has 0 aromatic carbocycles. The molecular formula is C11H17N5OS2. The number of nitrogens with two attached hydrogens (primary N) is 1. The highest BCUT2D eigenvalue weighted by molar-refractivity contribution is 7.98. The predicted molar refractivity (Wildman–Crippen MR) is 82.7 cm³/mol. The molecule has 2 heterocycles. The van der Waals surface area contributed by atoms with Gasteiger partial charge in [-0.05, 0) is 24.6 Å². The van der Waals surface area contributed by atoms with E-state index in [1.54, 1.807) is 30.0 Å². The summed E-state index contributed by atoms with van der Waals surface area (Å²) in [5.41, 5.74) is 2.49. The molecule has 6 nitrogen and oxygen atoms in total. The summed E-state index contributed by atoms with van der Waals surface area (Å²) in [7, 11) is 0. The first-order valence-electron chi connectivity index (χ1n) is 5.73. The summed E-state index contributed by atoms with van der Waals surface area (Å²) >= 11 is 3.16. The van der Waals surface area contributed by atoms with Crippen LogP contribution in [0.15, 0.2) is 11.4 Å². The average molecular weight is 299 g/mol. The number of hydrogen-bond donors (Lipinski definition) is 4. The second-order valence-electron chi connectivity index (χ2n) is 4.46. The number of thiophene rings is 1. The van der Waals surface area contributed by atoms with E-state index in [1.807, 2.05) is 17.7 Å². The number of hydrazine groups is 1. The summed E-state index contributed by atoms with van der Waals surface area (Å²) in [4.78, 5) is 8.54. The van der Waals surface area contributed by atoms with Crippen molar-refractivity contribution in [2.24, 2.45) is 5.84 Å². The van der Waals surface area contributed by atoms with E-state index in [4.69, 9.17) is 5.84 Å². The average Bonchev–Trinajstić information content (AvgIpc) is 2.83. The van der Waals surface area contributed by atoms with E-state index in [0.29, 0.717) is 24.1 Å². The molecule has 1 atom stereocenters. The molecule has 1 unspecified atom stereocenters. The maximum atomic E-state index is 10.2. The lowest BCUT2D eigenvalue weighted by molar-refractivity contribution is 0.0997. The Morgan fingerprint density at radius 2 is 2.32 bits per heavy atom. The molecule has 104 valence electrons. The molecule has 0 radical (unpaired) electrons. The maximum Gasteiger partial charge on any atom is 0.239 e. The highest BCUT2D eigenvalue weighted by atomic mass is 32.2. The third-order valence-corrected chi connectivity index (χ3v) is 4.35. The minimum atomic E-state index is -0.787. The monoisotopic (exact) mass is 299 g/mol. The van der Waals surface area contributed by atoms with Gasteiger partial charge in [-0.3, -0.25) is 5.43 Å². The van der Waals surface area contributed by atoms with Crippen molar-refractivity contribution in [1.29, 1.82) is 0 Å². The summed E-state index contributed by atoms with van der Waals surface area (Å²) < 4.78 is 0.957. The summed E-state index contributed by atoms with van der Waals surface area (Å²) in [6.07, 6.45) is 1.97. The number of thioether (sulfide) groups is 1. The number of aromatic nitrogens is 2. The van der Waals surface area contributed by atoms with Gasteiger partial charge in [0.15, 0.2) is 0 Å². The van der Waals surface area contributed by atoms with Crippen LogP contribution in [0.25, 0.3) is 10.2 Å². The lowest BCUT2D eigenvalue weighted by atomic mass is 10.1. The molecule has 0 bridgehead atoms. The molecule has 19 heavy (non-hydrogen) atoms. The molecule has 0 spiro atoms. The van der Waals surface area contributed by atoms with Crippen LogP contribution in [0.2, 0.25) is 0 Å².